The molecule has 0 fully saturated rings. The zero-order valence-electron chi connectivity index (χ0n) is 8.68. The van der Waals surface area contributed by atoms with Crippen molar-refractivity contribution in [1.29, 1.82) is 0 Å². The number of rotatable bonds is 4. The highest BCUT2D eigenvalue weighted by molar-refractivity contribution is 6.17. The zero-order valence-corrected chi connectivity index (χ0v) is 9.43. The number of H-pyrrole nitrogens is 1. The number of halogens is 4. The van der Waals surface area contributed by atoms with Crippen LogP contribution < -0.4 is 10.3 Å². The number of hydrogen-bond donors (Lipinski definition) is 2. The molecule has 0 bridgehead atoms. The summed E-state index contributed by atoms with van der Waals surface area (Å²) in [4.78, 5) is 23.8. The standard InChI is InChI=1S/C9H7ClF3NO4/c10-3-4-1-5(2-6(15)16)14-8(17)7(4)18-9(11,12)13/h1H,2-3H2,(H,14,17)(H,15,16). The Hall–Kier alpha value is -1.70. The van der Waals surface area contributed by atoms with Gasteiger partial charge in [-0.15, -0.1) is 24.8 Å². The third-order valence-corrected chi connectivity index (χ3v) is 2.11. The van der Waals surface area contributed by atoms with E-state index in [9.17, 15) is 22.8 Å². The van der Waals surface area contributed by atoms with E-state index in [2.05, 4.69) is 4.74 Å². The average Bonchev–Trinajstić information content (AvgIpc) is 2.19. The van der Waals surface area contributed by atoms with Crippen LogP contribution in [0.3, 0.4) is 0 Å². The number of alkyl halides is 4. The Morgan fingerprint density at radius 1 is 1.50 bits per heavy atom. The largest absolute Gasteiger partial charge is 0.573 e. The minimum Gasteiger partial charge on any atom is -0.481 e. The molecule has 0 unspecified atom stereocenters. The van der Waals surface area contributed by atoms with Crippen LogP contribution in [0.25, 0.3) is 0 Å². The first kappa shape index (κ1) is 14.4. The molecule has 2 N–H and O–H groups in total. The van der Waals surface area contributed by atoms with Gasteiger partial charge in [-0.3, -0.25) is 9.59 Å². The van der Waals surface area contributed by atoms with Gasteiger partial charge in [0.25, 0.3) is 5.56 Å². The number of aliphatic carboxylic acids is 1. The molecular formula is C9H7ClF3NO4. The van der Waals surface area contributed by atoms with Crippen molar-refractivity contribution in [3.8, 4) is 5.75 Å². The number of carbonyl (C=O) groups is 1. The number of aromatic nitrogens is 1. The summed E-state index contributed by atoms with van der Waals surface area (Å²) in [7, 11) is 0. The molecule has 0 amide bonds. The molecule has 0 saturated carbocycles. The highest BCUT2D eigenvalue weighted by Gasteiger charge is 2.33. The average molecular weight is 286 g/mol. The van der Waals surface area contributed by atoms with E-state index in [0.717, 1.165) is 6.07 Å². The molecule has 0 aliphatic heterocycles. The first-order valence-corrected chi connectivity index (χ1v) is 5.05. The van der Waals surface area contributed by atoms with Gasteiger partial charge in [-0.1, -0.05) is 0 Å². The lowest BCUT2D eigenvalue weighted by Crippen LogP contribution is -2.25. The van der Waals surface area contributed by atoms with Crippen LogP contribution in [0.2, 0.25) is 0 Å². The highest BCUT2D eigenvalue weighted by atomic mass is 35.5. The third-order valence-electron chi connectivity index (χ3n) is 1.82. The van der Waals surface area contributed by atoms with Gasteiger partial charge in [0, 0.05) is 11.3 Å². The van der Waals surface area contributed by atoms with Crippen LogP contribution in [0.15, 0.2) is 10.9 Å². The molecule has 18 heavy (non-hydrogen) atoms. The summed E-state index contributed by atoms with van der Waals surface area (Å²) in [6.45, 7) is 0. The number of hydrogen-bond acceptors (Lipinski definition) is 3. The Bertz CT molecular complexity index is 512. The Morgan fingerprint density at radius 3 is 2.56 bits per heavy atom. The predicted octanol–water partition coefficient (Wildman–Crippen LogP) is 1.64. The third kappa shape index (κ3) is 3.95. The monoisotopic (exact) mass is 285 g/mol. The minimum atomic E-state index is -5.03. The first-order valence-electron chi connectivity index (χ1n) is 4.51. The summed E-state index contributed by atoms with van der Waals surface area (Å²) in [6, 6.07) is 1.05. The van der Waals surface area contributed by atoms with E-state index >= 15 is 0 Å². The first-order chi connectivity index (χ1) is 8.23. The summed E-state index contributed by atoms with van der Waals surface area (Å²) in [6.07, 6.45) is -5.56. The van der Waals surface area contributed by atoms with Gasteiger partial charge in [0.15, 0.2) is 5.75 Å². The molecule has 1 heterocycles. The molecule has 1 aromatic rings. The smallest absolute Gasteiger partial charge is 0.481 e. The Balaban J connectivity index is 3.20. The van der Waals surface area contributed by atoms with Gasteiger partial charge in [-0.25, -0.2) is 0 Å². The maximum Gasteiger partial charge on any atom is 0.573 e. The lowest BCUT2D eigenvalue weighted by Gasteiger charge is -2.11. The molecule has 0 aromatic carbocycles. The van der Waals surface area contributed by atoms with Gasteiger partial charge < -0.3 is 14.8 Å². The number of ether oxygens (including phenoxy) is 1. The van der Waals surface area contributed by atoms with Crippen molar-refractivity contribution in [3.05, 3.63) is 27.7 Å². The topological polar surface area (TPSA) is 79.4 Å². The van der Waals surface area contributed by atoms with Gasteiger partial charge in [-0.05, 0) is 6.07 Å². The van der Waals surface area contributed by atoms with Crippen molar-refractivity contribution in [2.24, 2.45) is 0 Å². The maximum absolute atomic E-state index is 12.0. The van der Waals surface area contributed by atoms with E-state index in [0.29, 0.717) is 0 Å². The molecule has 1 rings (SSSR count). The Morgan fingerprint density at radius 2 is 2.11 bits per heavy atom. The molecule has 1 aromatic heterocycles. The molecule has 9 heteroatoms. The van der Waals surface area contributed by atoms with Crippen molar-refractivity contribution in [2.45, 2.75) is 18.7 Å². The van der Waals surface area contributed by atoms with Crippen molar-refractivity contribution >= 4 is 17.6 Å². The van der Waals surface area contributed by atoms with E-state index in [1.807, 2.05) is 4.98 Å². The fourth-order valence-electron chi connectivity index (χ4n) is 1.25. The summed E-state index contributed by atoms with van der Waals surface area (Å²) in [5, 5.41) is 8.51. The fourth-order valence-corrected chi connectivity index (χ4v) is 1.44. The van der Waals surface area contributed by atoms with E-state index in [-0.39, 0.29) is 11.3 Å². The van der Waals surface area contributed by atoms with Gasteiger partial charge in [-0.2, -0.15) is 0 Å². The SMILES string of the molecule is O=C(O)Cc1cc(CCl)c(OC(F)(F)F)c(=O)[nH]1. The van der Waals surface area contributed by atoms with Crippen LogP contribution in [0.4, 0.5) is 13.2 Å². The second-order valence-electron chi connectivity index (χ2n) is 3.23. The number of aromatic amines is 1. The van der Waals surface area contributed by atoms with Gasteiger partial charge in [0.05, 0.1) is 12.3 Å². The van der Waals surface area contributed by atoms with Gasteiger partial charge in [0.2, 0.25) is 0 Å². The molecule has 0 saturated heterocycles. The number of carboxylic acid groups (broad SMARTS) is 1. The van der Waals surface area contributed by atoms with Crippen molar-refractivity contribution in [3.63, 3.8) is 0 Å². The van der Waals surface area contributed by atoms with Crippen molar-refractivity contribution in [1.82, 2.24) is 4.98 Å². The van der Waals surface area contributed by atoms with E-state index < -0.39 is 35.9 Å². The Kier molecular flexibility index (Phi) is 4.23. The lowest BCUT2D eigenvalue weighted by atomic mass is 10.2. The van der Waals surface area contributed by atoms with E-state index in [4.69, 9.17) is 16.7 Å². The van der Waals surface area contributed by atoms with Crippen molar-refractivity contribution in [2.75, 3.05) is 0 Å². The molecule has 0 radical (unpaired) electrons. The maximum atomic E-state index is 12.0. The number of pyridine rings is 1. The van der Waals surface area contributed by atoms with Crippen LogP contribution in [-0.4, -0.2) is 22.4 Å². The molecule has 0 atom stereocenters. The second-order valence-corrected chi connectivity index (χ2v) is 3.50. The van der Waals surface area contributed by atoms with E-state index in [1.54, 1.807) is 0 Å². The molecule has 5 nitrogen and oxygen atoms in total. The minimum absolute atomic E-state index is 0.0577. The van der Waals surface area contributed by atoms with Crippen LogP contribution in [-0.2, 0) is 17.1 Å². The van der Waals surface area contributed by atoms with E-state index in [1.165, 1.54) is 0 Å². The molecule has 100 valence electrons. The molecule has 0 spiro atoms. The summed E-state index contributed by atoms with van der Waals surface area (Å²) >= 11 is 5.39. The number of carboxylic acids is 1. The summed E-state index contributed by atoms with van der Waals surface area (Å²) in [5.74, 6) is -2.63. The summed E-state index contributed by atoms with van der Waals surface area (Å²) in [5.41, 5.74) is -1.46. The zero-order chi connectivity index (χ0) is 13.9. The second kappa shape index (κ2) is 5.30. The number of nitrogens with one attached hydrogen (secondary N) is 1. The predicted molar refractivity (Wildman–Crippen MR) is 54.6 cm³/mol. The fraction of sp³-hybridized carbons (Fsp3) is 0.333. The van der Waals surface area contributed by atoms with Crippen LogP contribution in [0.5, 0.6) is 5.75 Å². The van der Waals surface area contributed by atoms with Crippen molar-refractivity contribution < 1.29 is 27.8 Å². The lowest BCUT2D eigenvalue weighted by molar-refractivity contribution is -0.275. The Labute approximate surface area is 103 Å². The highest BCUT2D eigenvalue weighted by Crippen LogP contribution is 2.24. The molecule has 0 aliphatic rings. The summed E-state index contributed by atoms with van der Waals surface area (Å²) < 4.78 is 39.6. The molecular weight excluding hydrogens is 279 g/mol. The van der Waals surface area contributed by atoms with Gasteiger partial charge >= 0.3 is 12.3 Å². The van der Waals surface area contributed by atoms with Crippen LogP contribution >= 0.6 is 11.6 Å². The normalized spacial score (nSPS) is 11.3. The van der Waals surface area contributed by atoms with Gasteiger partial charge in [0.1, 0.15) is 0 Å². The van der Waals surface area contributed by atoms with Crippen LogP contribution in [0.1, 0.15) is 11.3 Å². The van der Waals surface area contributed by atoms with Crippen LogP contribution in [0, 0.1) is 0 Å². The molecule has 0 aliphatic carbocycles. The quantitative estimate of drug-likeness (QED) is 0.824.